The molecule has 11 heteroatoms. The topological polar surface area (TPSA) is 111 Å². The fraction of sp³-hybridized carbons (Fsp3) is 0.462. The predicted octanol–water partition coefficient (Wildman–Crippen LogP) is 5.55. The Morgan fingerprint density at radius 2 is 1.86 bits per heavy atom. The van der Waals surface area contributed by atoms with Crippen LogP contribution in [-0.2, 0) is 16.1 Å². The zero-order valence-corrected chi connectivity index (χ0v) is 22.4. The van der Waals surface area contributed by atoms with Crippen LogP contribution in [0.1, 0.15) is 51.0 Å². The monoisotopic (exact) mass is 551 g/mol. The molecule has 0 unspecified atom stereocenters. The van der Waals surface area contributed by atoms with Crippen molar-refractivity contribution in [2.75, 3.05) is 13.7 Å². The zero-order chi connectivity index (χ0) is 26.9. The highest BCUT2D eigenvalue weighted by molar-refractivity contribution is 6.42. The van der Waals surface area contributed by atoms with Gasteiger partial charge in [-0.1, -0.05) is 55.5 Å². The number of amides is 2. The molecule has 1 fully saturated rings. The average molecular weight is 552 g/mol. The van der Waals surface area contributed by atoms with Crippen molar-refractivity contribution in [2.24, 2.45) is 0 Å². The molecule has 2 aromatic carbocycles. The Kier molecular flexibility index (Phi) is 10.4. The largest absolute Gasteiger partial charge is 0.490 e. The zero-order valence-electron chi connectivity index (χ0n) is 20.9. The number of hydrogen-bond donors (Lipinski definition) is 1. The summed E-state index contributed by atoms with van der Waals surface area (Å²) < 4.78 is 10.7. The third-order valence-corrected chi connectivity index (χ3v) is 7.12. The van der Waals surface area contributed by atoms with Gasteiger partial charge >= 0.3 is 5.69 Å². The van der Waals surface area contributed by atoms with Crippen LogP contribution in [-0.4, -0.2) is 47.4 Å². The fourth-order valence-electron chi connectivity index (χ4n) is 4.43. The molecule has 0 saturated heterocycles. The molecule has 2 aromatic rings. The number of methoxy groups -OCH3 is 1. The number of nitrogens with one attached hydrogen (secondary N) is 1. The maximum Gasteiger partial charge on any atom is 0.311 e. The van der Waals surface area contributed by atoms with E-state index in [0.717, 1.165) is 32.1 Å². The lowest BCUT2D eigenvalue weighted by Gasteiger charge is -2.32. The number of nitrogens with zero attached hydrogens (tertiary/aromatic N) is 2. The maximum absolute atomic E-state index is 13.4. The predicted molar refractivity (Wildman–Crippen MR) is 141 cm³/mol. The average Bonchev–Trinajstić information content (AvgIpc) is 2.89. The van der Waals surface area contributed by atoms with Crippen molar-refractivity contribution in [3.63, 3.8) is 0 Å². The first-order valence-corrected chi connectivity index (χ1v) is 13.0. The molecule has 1 atom stereocenters. The van der Waals surface area contributed by atoms with E-state index in [1.165, 1.54) is 30.2 Å². The van der Waals surface area contributed by atoms with Crippen LogP contribution in [0.5, 0.6) is 11.5 Å². The van der Waals surface area contributed by atoms with Gasteiger partial charge in [-0.05, 0) is 43.0 Å². The highest BCUT2D eigenvalue weighted by Gasteiger charge is 2.31. The van der Waals surface area contributed by atoms with Crippen LogP contribution in [0.25, 0.3) is 0 Å². The molecule has 0 aliphatic heterocycles. The second-order valence-electron chi connectivity index (χ2n) is 8.92. The summed E-state index contributed by atoms with van der Waals surface area (Å²) in [5.41, 5.74) is 0.497. The minimum Gasteiger partial charge on any atom is -0.490 e. The van der Waals surface area contributed by atoms with Gasteiger partial charge in [0.25, 0.3) is 5.91 Å². The molecule has 9 nitrogen and oxygen atoms in total. The number of nitro benzene ring substituents is 1. The molecule has 1 N–H and O–H groups in total. The quantitative estimate of drug-likeness (QED) is 0.289. The summed E-state index contributed by atoms with van der Waals surface area (Å²) in [4.78, 5) is 38.8. The van der Waals surface area contributed by atoms with E-state index in [0.29, 0.717) is 22.0 Å². The van der Waals surface area contributed by atoms with Gasteiger partial charge in [0.15, 0.2) is 6.61 Å². The number of rotatable bonds is 11. The Hall–Kier alpha value is -3.04. The summed E-state index contributed by atoms with van der Waals surface area (Å²) in [6, 6.07) is 8.43. The molecule has 0 heterocycles. The van der Waals surface area contributed by atoms with Crippen LogP contribution in [0.15, 0.2) is 36.4 Å². The molecule has 37 heavy (non-hydrogen) atoms. The van der Waals surface area contributed by atoms with Gasteiger partial charge in [-0.2, -0.15) is 0 Å². The Labute approximate surface area is 226 Å². The molecule has 3 rings (SSSR count). The highest BCUT2D eigenvalue weighted by Crippen LogP contribution is 2.31. The van der Waals surface area contributed by atoms with Crippen molar-refractivity contribution in [2.45, 2.75) is 64.1 Å². The lowest BCUT2D eigenvalue weighted by atomic mass is 9.95. The number of nitro groups is 1. The third-order valence-electron chi connectivity index (χ3n) is 6.38. The van der Waals surface area contributed by atoms with Crippen LogP contribution < -0.4 is 14.8 Å². The van der Waals surface area contributed by atoms with Crippen LogP contribution in [0.3, 0.4) is 0 Å². The van der Waals surface area contributed by atoms with E-state index in [4.69, 9.17) is 32.7 Å². The Balaban J connectivity index is 1.80. The van der Waals surface area contributed by atoms with Gasteiger partial charge in [-0.15, -0.1) is 0 Å². The number of halogens is 2. The van der Waals surface area contributed by atoms with Gasteiger partial charge < -0.3 is 19.7 Å². The van der Waals surface area contributed by atoms with E-state index in [-0.39, 0.29) is 42.3 Å². The second-order valence-corrected chi connectivity index (χ2v) is 9.73. The fourth-order valence-corrected chi connectivity index (χ4v) is 4.75. The number of ether oxygens (including phenoxy) is 2. The van der Waals surface area contributed by atoms with E-state index in [2.05, 4.69) is 5.32 Å². The van der Waals surface area contributed by atoms with Gasteiger partial charge in [0.2, 0.25) is 11.7 Å². The van der Waals surface area contributed by atoms with E-state index in [1.54, 1.807) is 18.2 Å². The van der Waals surface area contributed by atoms with Gasteiger partial charge in [0.05, 0.1) is 22.1 Å². The van der Waals surface area contributed by atoms with Gasteiger partial charge in [0.1, 0.15) is 11.8 Å². The molecule has 0 spiro atoms. The number of carbonyl (C=O) groups excluding carboxylic acids is 2. The first kappa shape index (κ1) is 28.5. The summed E-state index contributed by atoms with van der Waals surface area (Å²) in [6.07, 6.45) is 5.55. The molecular weight excluding hydrogens is 521 g/mol. The van der Waals surface area contributed by atoms with Crippen molar-refractivity contribution in [3.8, 4) is 11.5 Å². The molecule has 200 valence electrons. The van der Waals surface area contributed by atoms with Crippen LogP contribution in [0, 0.1) is 10.1 Å². The minimum absolute atomic E-state index is 0.0147. The Morgan fingerprint density at radius 1 is 1.14 bits per heavy atom. The molecule has 0 aromatic heterocycles. The SMILES string of the molecule is CC[C@@H](C(=O)NC1CCCCC1)N(Cc1ccc(Cl)c(Cl)c1)C(=O)COc1ccc([N+](=O)[O-])c(OC)c1. The lowest BCUT2D eigenvalue weighted by molar-refractivity contribution is -0.385. The lowest BCUT2D eigenvalue weighted by Crippen LogP contribution is -2.52. The maximum atomic E-state index is 13.4. The van der Waals surface area contributed by atoms with E-state index in [1.807, 2.05) is 6.92 Å². The summed E-state index contributed by atoms with van der Waals surface area (Å²) in [7, 11) is 1.31. The molecule has 1 aliphatic carbocycles. The van der Waals surface area contributed by atoms with Crippen molar-refractivity contribution in [1.82, 2.24) is 10.2 Å². The number of benzene rings is 2. The van der Waals surface area contributed by atoms with Crippen molar-refractivity contribution in [1.29, 1.82) is 0 Å². The summed E-state index contributed by atoms with van der Waals surface area (Å²) >= 11 is 12.2. The molecule has 0 bridgehead atoms. The Bertz CT molecular complexity index is 1120. The van der Waals surface area contributed by atoms with Crippen LogP contribution in [0.2, 0.25) is 10.0 Å². The molecule has 0 radical (unpaired) electrons. The third kappa shape index (κ3) is 7.72. The van der Waals surface area contributed by atoms with Gasteiger partial charge in [-0.3, -0.25) is 19.7 Å². The summed E-state index contributed by atoms with van der Waals surface area (Å²) in [5, 5.41) is 15.0. The van der Waals surface area contributed by atoms with Crippen molar-refractivity contribution < 1.29 is 24.0 Å². The molecule has 1 saturated carbocycles. The Morgan fingerprint density at radius 3 is 2.49 bits per heavy atom. The smallest absolute Gasteiger partial charge is 0.311 e. The highest BCUT2D eigenvalue weighted by atomic mass is 35.5. The standard InChI is InChI=1S/C26H31Cl2N3O6/c1-3-22(26(33)29-18-7-5-4-6-8-18)30(15-17-9-11-20(27)21(28)13-17)25(32)16-37-19-10-12-23(31(34)35)24(14-19)36-2/h9-14,18,22H,3-8,15-16H2,1-2H3,(H,29,33)/t22-/m0/s1. The van der Waals surface area contributed by atoms with Gasteiger partial charge in [0, 0.05) is 24.7 Å². The normalized spacial score (nSPS) is 14.5. The van der Waals surface area contributed by atoms with E-state index >= 15 is 0 Å². The summed E-state index contributed by atoms with van der Waals surface area (Å²) in [6.45, 7) is 1.59. The van der Waals surface area contributed by atoms with Crippen molar-refractivity contribution >= 4 is 40.7 Å². The first-order chi connectivity index (χ1) is 17.7. The van der Waals surface area contributed by atoms with E-state index < -0.39 is 16.9 Å². The minimum atomic E-state index is -0.723. The van der Waals surface area contributed by atoms with Crippen LogP contribution >= 0.6 is 23.2 Å². The van der Waals surface area contributed by atoms with E-state index in [9.17, 15) is 19.7 Å². The first-order valence-electron chi connectivity index (χ1n) is 12.2. The van der Waals surface area contributed by atoms with Crippen LogP contribution in [0.4, 0.5) is 5.69 Å². The number of carbonyl (C=O) groups is 2. The second kappa shape index (κ2) is 13.5. The van der Waals surface area contributed by atoms with Gasteiger partial charge in [-0.25, -0.2) is 0 Å². The summed E-state index contributed by atoms with van der Waals surface area (Å²) in [5.74, 6) is -0.389. The molecule has 2 amide bonds. The van der Waals surface area contributed by atoms with Crippen molar-refractivity contribution in [3.05, 3.63) is 62.1 Å². The molecular formula is C26H31Cl2N3O6. The number of hydrogen-bond acceptors (Lipinski definition) is 6. The molecule has 1 aliphatic rings.